The van der Waals surface area contributed by atoms with Gasteiger partial charge in [0.05, 0.1) is 29.6 Å². The maximum atomic E-state index is 13.8. The predicted molar refractivity (Wildman–Crippen MR) is 183 cm³/mol. The minimum Gasteiger partial charge on any atom is -0.508 e. The Morgan fingerprint density at radius 3 is 2.42 bits per heavy atom. The third-order valence-electron chi connectivity index (χ3n) is 9.66. The van der Waals surface area contributed by atoms with E-state index in [1.807, 2.05) is 54.6 Å². The number of carboxylic acid groups (broad SMARTS) is 1. The standard InChI is InChI=1S/C39H40ClNO7/c40-33-22-29(42)17-15-27(33)20-26(25-10-4-1-5-11-25)16-18-34-36-28(23-47-30-12-6-2-7-13-30)21-31-37(32(36)24-48-34)39(46)41(38(31)45)19-9-3-8-14-35(43)44/h1-2,4-7,10-13,15,17,20,22,31-32,34,37,42H,3,8-9,14,16,18-19,21,23-24H2,(H,43,44)/b26-20-/t31-,32+,34-,37-/m1/s1. The number of phenols is 1. The third-order valence-corrected chi connectivity index (χ3v) is 9.99. The molecule has 0 aromatic heterocycles. The highest BCUT2D eigenvalue weighted by Gasteiger charge is 2.56. The van der Waals surface area contributed by atoms with Gasteiger partial charge in [0.2, 0.25) is 11.8 Å². The van der Waals surface area contributed by atoms with Gasteiger partial charge in [-0.05, 0) is 96.4 Å². The van der Waals surface area contributed by atoms with E-state index in [-0.39, 0.29) is 36.0 Å². The minimum absolute atomic E-state index is 0.0785. The van der Waals surface area contributed by atoms with E-state index in [0.717, 1.165) is 33.6 Å². The fraction of sp³-hybridized carbons (Fsp3) is 0.359. The molecule has 1 aliphatic carbocycles. The van der Waals surface area contributed by atoms with Crippen molar-refractivity contribution >= 4 is 41.0 Å². The first kappa shape index (κ1) is 33.5. The monoisotopic (exact) mass is 669 g/mol. The fourth-order valence-electron chi connectivity index (χ4n) is 7.36. The van der Waals surface area contributed by atoms with E-state index < -0.39 is 17.8 Å². The molecular formula is C39H40ClNO7. The molecule has 4 atom stereocenters. The van der Waals surface area contributed by atoms with Crippen LogP contribution >= 0.6 is 11.6 Å². The molecule has 0 saturated carbocycles. The smallest absolute Gasteiger partial charge is 0.303 e. The molecule has 0 spiro atoms. The Bertz CT molecular complexity index is 1700. The summed E-state index contributed by atoms with van der Waals surface area (Å²) in [4.78, 5) is 39.8. The van der Waals surface area contributed by atoms with Crippen LogP contribution in [0.25, 0.3) is 11.6 Å². The maximum Gasteiger partial charge on any atom is 0.303 e. The summed E-state index contributed by atoms with van der Waals surface area (Å²) >= 11 is 6.49. The average Bonchev–Trinajstić information content (AvgIpc) is 3.61. The molecule has 3 aromatic rings. The molecule has 3 aromatic carbocycles. The van der Waals surface area contributed by atoms with Gasteiger partial charge in [-0.3, -0.25) is 19.3 Å². The fourth-order valence-corrected chi connectivity index (χ4v) is 7.59. The SMILES string of the molecule is O=C(O)CCCCCN1C(=O)[C@@H]2[C@@H](CC(COc3ccccc3)=C3[C@@H](CC/C(=C/c4ccc(O)cc4Cl)c4ccccc4)OC[C@@H]32)C1=O. The van der Waals surface area contributed by atoms with Crippen LogP contribution in [0.4, 0.5) is 0 Å². The number of rotatable bonds is 14. The normalized spacial score (nSPS) is 22.2. The number of allylic oxidation sites excluding steroid dienone is 1. The number of halogens is 1. The van der Waals surface area contributed by atoms with Gasteiger partial charge in [0.1, 0.15) is 18.1 Å². The number of likely N-dealkylation sites (tertiary alicyclic amines) is 1. The minimum atomic E-state index is -0.843. The summed E-state index contributed by atoms with van der Waals surface area (Å²) in [6.07, 6.45) is 5.37. The molecule has 250 valence electrons. The molecule has 6 rings (SSSR count). The number of hydrogen-bond acceptors (Lipinski definition) is 6. The first-order valence-corrected chi connectivity index (χ1v) is 17.0. The van der Waals surface area contributed by atoms with Crippen LogP contribution in [-0.2, 0) is 19.1 Å². The van der Waals surface area contributed by atoms with E-state index in [2.05, 4.69) is 12.1 Å². The number of imide groups is 1. The summed E-state index contributed by atoms with van der Waals surface area (Å²) in [5.41, 5.74) is 5.01. The molecule has 2 heterocycles. The van der Waals surface area contributed by atoms with E-state index in [9.17, 15) is 19.5 Å². The number of unbranched alkanes of at least 4 members (excludes halogenated alkanes) is 2. The van der Waals surface area contributed by atoms with Crippen molar-refractivity contribution in [3.8, 4) is 11.5 Å². The Morgan fingerprint density at radius 2 is 1.69 bits per heavy atom. The molecule has 48 heavy (non-hydrogen) atoms. The quantitative estimate of drug-likeness (QED) is 0.0796. The highest BCUT2D eigenvalue weighted by molar-refractivity contribution is 6.32. The van der Waals surface area contributed by atoms with Gasteiger partial charge in [-0.1, -0.05) is 66.6 Å². The van der Waals surface area contributed by atoms with Crippen molar-refractivity contribution in [3.05, 3.63) is 106 Å². The van der Waals surface area contributed by atoms with Crippen LogP contribution in [0.5, 0.6) is 11.5 Å². The van der Waals surface area contributed by atoms with Gasteiger partial charge in [-0.15, -0.1) is 0 Å². The second kappa shape index (κ2) is 15.2. The molecule has 2 aliphatic heterocycles. The number of nitrogens with zero attached hydrogens (tertiary/aromatic N) is 1. The number of hydrogen-bond donors (Lipinski definition) is 2. The summed E-state index contributed by atoms with van der Waals surface area (Å²) < 4.78 is 12.7. The maximum absolute atomic E-state index is 13.8. The number of carbonyl (C=O) groups excluding carboxylic acids is 2. The van der Waals surface area contributed by atoms with Crippen molar-refractivity contribution in [3.63, 3.8) is 0 Å². The predicted octanol–water partition coefficient (Wildman–Crippen LogP) is 7.41. The summed E-state index contributed by atoms with van der Waals surface area (Å²) in [6, 6.07) is 24.6. The van der Waals surface area contributed by atoms with Crippen molar-refractivity contribution in [1.82, 2.24) is 4.90 Å². The van der Waals surface area contributed by atoms with Gasteiger partial charge in [0.15, 0.2) is 0 Å². The molecule has 8 nitrogen and oxygen atoms in total. The van der Waals surface area contributed by atoms with E-state index in [4.69, 9.17) is 26.2 Å². The molecule has 9 heteroatoms. The zero-order valence-corrected chi connectivity index (χ0v) is 27.5. The highest BCUT2D eigenvalue weighted by atomic mass is 35.5. The molecule has 2 N–H and O–H groups in total. The second-order valence-electron chi connectivity index (χ2n) is 12.7. The number of aliphatic carboxylic acids is 1. The molecule has 2 fully saturated rings. The zero-order valence-electron chi connectivity index (χ0n) is 26.7. The van der Waals surface area contributed by atoms with Gasteiger partial charge in [0, 0.05) is 18.9 Å². The number of carbonyl (C=O) groups is 3. The first-order valence-electron chi connectivity index (χ1n) is 16.6. The van der Waals surface area contributed by atoms with Crippen molar-refractivity contribution < 1.29 is 34.1 Å². The third kappa shape index (κ3) is 7.50. The van der Waals surface area contributed by atoms with Crippen molar-refractivity contribution in [1.29, 1.82) is 0 Å². The van der Waals surface area contributed by atoms with Crippen molar-refractivity contribution in [2.45, 2.75) is 51.0 Å². The van der Waals surface area contributed by atoms with Gasteiger partial charge >= 0.3 is 5.97 Å². The molecule has 3 aliphatic rings. The summed E-state index contributed by atoms with van der Waals surface area (Å²) in [6.45, 7) is 0.966. The Hall–Kier alpha value is -4.40. The lowest BCUT2D eigenvalue weighted by molar-refractivity contribution is -0.141. The molecular weight excluding hydrogens is 630 g/mol. The topological polar surface area (TPSA) is 113 Å². The van der Waals surface area contributed by atoms with Crippen molar-refractivity contribution in [2.24, 2.45) is 17.8 Å². The Kier molecular flexibility index (Phi) is 10.6. The Morgan fingerprint density at radius 1 is 0.938 bits per heavy atom. The molecule has 2 amide bonds. The van der Waals surface area contributed by atoms with E-state index in [1.54, 1.807) is 12.1 Å². The van der Waals surface area contributed by atoms with Crippen LogP contribution in [0.2, 0.25) is 5.02 Å². The van der Waals surface area contributed by atoms with Gasteiger partial charge in [-0.25, -0.2) is 0 Å². The largest absolute Gasteiger partial charge is 0.508 e. The highest BCUT2D eigenvalue weighted by Crippen LogP contribution is 2.50. The number of fused-ring (bicyclic) bond motifs is 3. The Labute approximate surface area is 285 Å². The number of carboxylic acids is 1. The molecule has 2 saturated heterocycles. The molecule has 0 bridgehead atoms. The van der Waals surface area contributed by atoms with Crippen LogP contribution in [0.1, 0.15) is 56.1 Å². The van der Waals surface area contributed by atoms with Gasteiger partial charge in [-0.2, -0.15) is 0 Å². The van der Waals surface area contributed by atoms with E-state index >= 15 is 0 Å². The van der Waals surface area contributed by atoms with Crippen LogP contribution < -0.4 is 4.74 Å². The van der Waals surface area contributed by atoms with Crippen LogP contribution in [0.3, 0.4) is 0 Å². The summed E-state index contributed by atoms with van der Waals surface area (Å²) in [7, 11) is 0. The van der Waals surface area contributed by atoms with Gasteiger partial charge in [0.25, 0.3) is 0 Å². The van der Waals surface area contributed by atoms with Crippen molar-refractivity contribution in [2.75, 3.05) is 19.8 Å². The average molecular weight is 670 g/mol. The lowest BCUT2D eigenvalue weighted by Gasteiger charge is -2.32. The number of amides is 2. The lowest BCUT2D eigenvalue weighted by atomic mass is 9.69. The lowest BCUT2D eigenvalue weighted by Crippen LogP contribution is -2.35. The number of benzene rings is 3. The zero-order chi connectivity index (χ0) is 33.6. The number of aromatic hydroxyl groups is 1. The molecule has 0 radical (unpaired) electrons. The number of para-hydroxylation sites is 1. The van der Waals surface area contributed by atoms with Crippen LogP contribution in [0.15, 0.2) is 90.0 Å². The van der Waals surface area contributed by atoms with E-state index in [1.165, 1.54) is 11.0 Å². The number of ether oxygens (including phenoxy) is 2. The van der Waals surface area contributed by atoms with Gasteiger partial charge < -0.3 is 19.7 Å². The summed E-state index contributed by atoms with van der Waals surface area (Å²) in [5.74, 6) is -1.45. The second-order valence-corrected chi connectivity index (χ2v) is 13.1. The summed E-state index contributed by atoms with van der Waals surface area (Å²) in [5, 5.41) is 19.3. The van der Waals surface area contributed by atoms with Crippen LogP contribution in [0, 0.1) is 17.8 Å². The number of phenolic OH excluding ortho intramolecular Hbond substituents is 1. The first-order chi connectivity index (χ1) is 23.3. The molecule has 0 unspecified atom stereocenters. The van der Waals surface area contributed by atoms with E-state index in [0.29, 0.717) is 63.3 Å². The Balaban J connectivity index is 1.25. The van der Waals surface area contributed by atoms with Crippen LogP contribution in [-0.4, -0.2) is 58.8 Å².